The van der Waals surface area contributed by atoms with Crippen LogP contribution >= 0.6 is 23.7 Å². The summed E-state index contributed by atoms with van der Waals surface area (Å²) in [6.07, 6.45) is 2.16. The van der Waals surface area contributed by atoms with Gasteiger partial charge in [-0.3, -0.25) is 9.59 Å². The van der Waals surface area contributed by atoms with E-state index in [9.17, 15) is 9.59 Å². The van der Waals surface area contributed by atoms with Gasteiger partial charge < -0.3 is 15.2 Å². The third-order valence-corrected chi connectivity index (χ3v) is 4.99. The molecular formula is C16H20ClN3O2S. The van der Waals surface area contributed by atoms with Crippen molar-refractivity contribution in [1.29, 1.82) is 0 Å². The number of carbonyl (C=O) groups excluding carboxylic acids is 1. The Morgan fingerprint density at radius 3 is 2.87 bits per heavy atom. The van der Waals surface area contributed by atoms with Gasteiger partial charge in [0.05, 0.1) is 0 Å². The van der Waals surface area contributed by atoms with Crippen molar-refractivity contribution in [3.8, 4) is 0 Å². The van der Waals surface area contributed by atoms with Crippen molar-refractivity contribution in [3.05, 3.63) is 44.5 Å². The predicted molar refractivity (Wildman–Crippen MR) is 96.7 cm³/mol. The quantitative estimate of drug-likeness (QED) is 0.862. The number of nitrogen functional groups attached to an aromatic ring is 1. The number of benzene rings is 1. The van der Waals surface area contributed by atoms with Crippen LogP contribution in [0.25, 0.3) is 0 Å². The number of amides is 1. The van der Waals surface area contributed by atoms with Crippen molar-refractivity contribution in [2.24, 2.45) is 0 Å². The number of hydrogen-bond donors (Lipinski definition) is 1. The first-order valence-corrected chi connectivity index (χ1v) is 8.28. The van der Waals surface area contributed by atoms with Gasteiger partial charge in [-0.1, -0.05) is 17.4 Å². The SMILES string of the molecule is Cc1csc(=O)n1CCC(=O)N1CCCc2c(N)cccc21.Cl. The summed E-state index contributed by atoms with van der Waals surface area (Å²) in [5, 5.41) is 1.82. The molecule has 0 unspecified atom stereocenters. The molecule has 0 bridgehead atoms. The number of hydrogen-bond acceptors (Lipinski definition) is 4. The van der Waals surface area contributed by atoms with E-state index in [1.807, 2.05) is 35.4 Å². The zero-order valence-corrected chi connectivity index (χ0v) is 14.6. The molecule has 7 heteroatoms. The number of nitrogens with two attached hydrogens (primary N) is 1. The molecule has 23 heavy (non-hydrogen) atoms. The van der Waals surface area contributed by atoms with Gasteiger partial charge >= 0.3 is 4.87 Å². The normalized spacial score (nSPS) is 13.3. The molecule has 2 N–H and O–H groups in total. The first-order valence-electron chi connectivity index (χ1n) is 7.40. The Balaban J connectivity index is 0.00000192. The maximum absolute atomic E-state index is 12.6. The Morgan fingerprint density at radius 1 is 1.39 bits per heavy atom. The monoisotopic (exact) mass is 353 g/mol. The summed E-state index contributed by atoms with van der Waals surface area (Å²) < 4.78 is 1.66. The number of fused-ring (bicyclic) bond motifs is 1. The molecule has 3 rings (SSSR count). The Bertz CT molecular complexity index is 769. The maximum Gasteiger partial charge on any atom is 0.307 e. The van der Waals surface area contributed by atoms with Crippen LogP contribution in [-0.4, -0.2) is 17.0 Å². The molecule has 2 aromatic rings. The Hall–Kier alpha value is -1.79. The van der Waals surface area contributed by atoms with Gasteiger partial charge in [0.25, 0.3) is 0 Å². The lowest BCUT2D eigenvalue weighted by Crippen LogP contribution is -2.36. The summed E-state index contributed by atoms with van der Waals surface area (Å²) in [6, 6.07) is 5.71. The zero-order chi connectivity index (χ0) is 15.7. The highest BCUT2D eigenvalue weighted by Gasteiger charge is 2.23. The second-order valence-corrected chi connectivity index (χ2v) is 6.36. The van der Waals surface area contributed by atoms with Crippen LogP contribution in [0.15, 0.2) is 28.4 Å². The van der Waals surface area contributed by atoms with Gasteiger partial charge in [0.1, 0.15) is 0 Å². The molecule has 0 saturated heterocycles. The van der Waals surface area contributed by atoms with Crippen LogP contribution in [0.5, 0.6) is 0 Å². The van der Waals surface area contributed by atoms with E-state index in [2.05, 4.69) is 0 Å². The van der Waals surface area contributed by atoms with Crippen molar-refractivity contribution in [1.82, 2.24) is 4.57 Å². The average Bonchev–Trinajstić information content (AvgIpc) is 2.83. The Labute approximate surface area is 145 Å². The number of anilines is 2. The molecule has 124 valence electrons. The number of nitrogens with zero attached hydrogens (tertiary/aromatic N) is 2. The maximum atomic E-state index is 12.6. The van der Waals surface area contributed by atoms with Gasteiger partial charge in [-0.2, -0.15) is 0 Å². The van der Waals surface area contributed by atoms with Crippen molar-refractivity contribution >= 4 is 41.0 Å². The van der Waals surface area contributed by atoms with E-state index in [1.54, 1.807) is 4.57 Å². The standard InChI is InChI=1S/C16H19N3O2S.ClH/c1-11-10-22-16(21)18(11)9-7-15(20)19-8-3-4-12-13(17)5-2-6-14(12)19;/h2,5-6,10H,3-4,7-9,17H2,1H3;1H. The average molecular weight is 354 g/mol. The van der Waals surface area contributed by atoms with Gasteiger partial charge in [-0.05, 0) is 37.5 Å². The van der Waals surface area contributed by atoms with Crippen LogP contribution in [0.4, 0.5) is 11.4 Å². The largest absolute Gasteiger partial charge is 0.398 e. The van der Waals surface area contributed by atoms with Gasteiger partial charge in [0.15, 0.2) is 0 Å². The Morgan fingerprint density at radius 2 is 2.17 bits per heavy atom. The van der Waals surface area contributed by atoms with E-state index in [-0.39, 0.29) is 23.2 Å². The van der Waals surface area contributed by atoms with Crippen LogP contribution in [-0.2, 0) is 17.8 Å². The molecular weight excluding hydrogens is 334 g/mol. The highest BCUT2D eigenvalue weighted by atomic mass is 35.5. The van der Waals surface area contributed by atoms with E-state index in [4.69, 9.17) is 5.73 Å². The molecule has 0 radical (unpaired) electrons. The van der Waals surface area contributed by atoms with Crippen molar-refractivity contribution in [2.75, 3.05) is 17.2 Å². The lowest BCUT2D eigenvalue weighted by atomic mass is 9.99. The van der Waals surface area contributed by atoms with E-state index >= 15 is 0 Å². The number of aryl methyl sites for hydroxylation is 1. The fourth-order valence-corrected chi connectivity index (χ4v) is 3.69. The molecule has 1 aliphatic rings. The van der Waals surface area contributed by atoms with Gasteiger partial charge in [-0.25, -0.2) is 0 Å². The topological polar surface area (TPSA) is 68.3 Å². The summed E-state index contributed by atoms with van der Waals surface area (Å²) in [5.74, 6) is 0.0454. The van der Waals surface area contributed by atoms with E-state index in [0.29, 0.717) is 19.5 Å². The number of thiazole rings is 1. The van der Waals surface area contributed by atoms with Crippen LogP contribution in [0.1, 0.15) is 24.1 Å². The minimum Gasteiger partial charge on any atom is -0.398 e. The first kappa shape index (κ1) is 17.6. The van der Waals surface area contributed by atoms with Crippen LogP contribution < -0.4 is 15.5 Å². The van der Waals surface area contributed by atoms with Crippen LogP contribution in [0.2, 0.25) is 0 Å². The first-order chi connectivity index (χ1) is 10.6. The number of halogens is 1. The highest BCUT2D eigenvalue weighted by molar-refractivity contribution is 7.07. The molecule has 0 saturated carbocycles. The molecule has 1 amide bonds. The van der Waals surface area contributed by atoms with Crippen molar-refractivity contribution < 1.29 is 4.79 Å². The molecule has 0 spiro atoms. The number of rotatable bonds is 3. The lowest BCUT2D eigenvalue weighted by molar-refractivity contribution is -0.118. The summed E-state index contributed by atoms with van der Waals surface area (Å²) in [4.78, 5) is 26.1. The zero-order valence-electron chi connectivity index (χ0n) is 12.9. The van der Waals surface area contributed by atoms with Gasteiger partial charge in [-0.15, -0.1) is 12.4 Å². The summed E-state index contributed by atoms with van der Waals surface area (Å²) in [6.45, 7) is 3.03. The molecule has 1 aromatic heterocycles. The molecule has 0 atom stereocenters. The number of aromatic nitrogens is 1. The third kappa shape index (κ3) is 3.43. The van der Waals surface area contributed by atoms with E-state index < -0.39 is 0 Å². The predicted octanol–water partition coefficient (Wildman–Crippen LogP) is 2.59. The third-order valence-electron chi connectivity index (χ3n) is 4.11. The molecule has 1 aromatic carbocycles. The molecule has 0 fully saturated rings. The second-order valence-electron chi connectivity index (χ2n) is 5.54. The molecule has 0 aliphatic carbocycles. The molecule has 1 aliphatic heterocycles. The second kappa shape index (κ2) is 7.19. The van der Waals surface area contributed by atoms with Crippen LogP contribution in [0.3, 0.4) is 0 Å². The van der Waals surface area contributed by atoms with Crippen molar-refractivity contribution in [3.63, 3.8) is 0 Å². The molecule has 2 heterocycles. The molecule has 5 nitrogen and oxygen atoms in total. The smallest absolute Gasteiger partial charge is 0.307 e. The van der Waals surface area contributed by atoms with Crippen LogP contribution in [0, 0.1) is 6.92 Å². The number of carbonyl (C=O) groups is 1. The van der Waals surface area contributed by atoms with Gasteiger partial charge in [0, 0.05) is 42.0 Å². The van der Waals surface area contributed by atoms with E-state index in [1.165, 1.54) is 11.3 Å². The summed E-state index contributed by atoms with van der Waals surface area (Å²) in [5.41, 5.74) is 9.65. The lowest BCUT2D eigenvalue weighted by Gasteiger charge is -2.30. The summed E-state index contributed by atoms with van der Waals surface area (Å²) >= 11 is 1.17. The summed E-state index contributed by atoms with van der Waals surface area (Å²) in [7, 11) is 0. The Kier molecular flexibility index (Phi) is 5.49. The van der Waals surface area contributed by atoms with Crippen molar-refractivity contribution in [2.45, 2.75) is 32.7 Å². The minimum atomic E-state index is -0.00594. The van der Waals surface area contributed by atoms with E-state index in [0.717, 1.165) is 35.5 Å². The fourth-order valence-electron chi connectivity index (χ4n) is 2.93. The highest BCUT2D eigenvalue weighted by Crippen LogP contribution is 2.31. The van der Waals surface area contributed by atoms with Gasteiger partial charge in [0.2, 0.25) is 5.91 Å². The fraction of sp³-hybridized carbons (Fsp3) is 0.375. The minimum absolute atomic E-state index is 0.